The Kier molecular flexibility index (Phi) is 32.2. The highest BCUT2D eigenvalue weighted by Gasteiger charge is 2.48. The molecule has 1 heterocycles. The van der Waals surface area contributed by atoms with Crippen LogP contribution in [0.1, 0.15) is 206 Å². The normalized spacial score (nSPS) is 21.5. The zero-order valence-corrected chi connectivity index (χ0v) is 35.6. The van der Waals surface area contributed by atoms with Gasteiger partial charge in [0.15, 0.2) is 6.29 Å². The lowest BCUT2D eigenvalue weighted by Crippen LogP contribution is -2.61. The summed E-state index contributed by atoms with van der Waals surface area (Å²) in [5.41, 5.74) is 0. The van der Waals surface area contributed by atoms with Gasteiger partial charge in [0.2, 0.25) is 5.91 Å². The second kappa shape index (κ2) is 34.0. The number of ether oxygens (including phenoxy) is 2. The molecular formula is C42H83NO11S. The molecule has 1 saturated heterocycles. The van der Waals surface area contributed by atoms with Gasteiger partial charge in [0, 0.05) is 6.42 Å². The first kappa shape index (κ1) is 52.1. The Morgan fingerprint density at radius 1 is 0.655 bits per heavy atom. The minimum absolute atomic E-state index is 0.228. The molecule has 328 valence electrons. The van der Waals surface area contributed by atoms with Crippen LogP contribution in [0.4, 0.5) is 0 Å². The van der Waals surface area contributed by atoms with Gasteiger partial charge in [-0.15, -0.1) is 0 Å². The molecule has 1 aliphatic rings. The topological polar surface area (TPSA) is 192 Å². The number of aliphatic hydroxyl groups is 4. The van der Waals surface area contributed by atoms with E-state index in [0.717, 1.165) is 51.4 Å². The summed E-state index contributed by atoms with van der Waals surface area (Å²) < 4.78 is 47.6. The molecule has 0 saturated carbocycles. The number of carbonyl (C=O) groups excluding carboxylic acids is 1. The average Bonchev–Trinajstić information content (AvgIpc) is 3.15. The van der Waals surface area contributed by atoms with Gasteiger partial charge in [0.1, 0.15) is 24.4 Å². The second-order valence-corrected chi connectivity index (χ2v) is 17.0. The average molecular weight is 810 g/mol. The molecule has 1 fully saturated rings. The van der Waals surface area contributed by atoms with Crippen LogP contribution in [-0.2, 0) is 28.9 Å². The van der Waals surface area contributed by atoms with E-state index in [4.69, 9.17) is 14.0 Å². The number of unbranched alkanes of at least 4 members (excludes halogenated alkanes) is 26. The lowest BCUT2D eigenvalue weighted by Gasteiger charge is -2.41. The van der Waals surface area contributed by atoms with Crippen LogP contribution in [0.15, 0.2) is 0 Å². The van der Waals surface area contributed by atoms with Crippen molar-refractivity contribution >= 4 is 16.3 Å². The predicted octanol–water partition coefficient (Wildman–Crippen LogP) is 8.22. The number of rotatable bonds is 38. The molecule has 1 amide bonds. The van der Waals surface area contributed by atoms with Crippen LogP contribution in [0.25, 0.3) is 0 Å². The van der Waals surface area contributed by atoms with Gasteiger partial charge in [-0.2, -0.15) is 8.42 Å². The van der Waals surface area contributed by atoms with E-state index >= 15 is 0 Å². The summed E-state index contributed by atoms with van der Waals surface area (Å²) in [6, 6.07) is -0.850. The molecule has 13 heteroatoms. The predicted molar refractivity (Wildman–Crippen MR) is 218 cm³/mol. The molecular weight excluding hydrogens is 727 g/mol. The number of amides is 1. The van der Waals surface area contributed by atoms with Crippen molar-refractivity contribution in [3.8, 4) is 0 Å². The maximum atomic E-state index is 13.0. The van der Waals surface area contributed by atoms with Gasteiger partial charge in [-0.25, -0.2) is 4.18 Å². The zero-order valence-electron chi connectivity index (χ0n) is 34.8. The highest BCUT2D eigenvalue weighted by Crippen LogP contribution is 2.26. The zero-order chi connectivity index (χ0) is 40.6. The monoisotopic (exact) mass is 810 g/mol. The third kappa shape index (κ3) is 27.4. The van der Waals surface area contributed by atoms with Crippen LogP contribution in [0, 0.1) is 0 Å². The van der Waals surface area contributed by atoms with E-state index in [0.29, 0.717) is 12.8 Å². The van der Waals surface area contributed by atoms with Gasteiger partial charge < -0.3 is 35.2 Å². The number of hydrogen-bond acceptors (Lipinski definition) is 10. The fraction of sp³-hybridized carbons (Fsp3) is 0.976. The number of nitrogens with one attached hydrogen (secondary N) is 1. The van der Waals surface area contributed by atoms with E-state index in [1.165, 1.54) is 128 Å². The van der Waals surface area contributed by atoms with Crippen molar-refractivity contribution in [2.45, 2.75) is 249 Å². The standard InChI is InChI=1S/C42H83NO11S/c1-3-5-7-9-11-13-15-17-18-19-20-22-24-26-28-30-32-38(46)43-35(36(45)31-29-27-25-23-21-16-14-12-10-8-6-4-2)34-52-42-40(48)41(54-55(49,50)51)39(47)37(33-44)53-42/h35-37,39-42,44-45,47-48H,3-34H2,1-2H3,(H,43,46)(H,49,50,51). The summed E-state index contributed by atoms with van der Waals surface area (Å²) in [6.45, 7) is 3.44. The van der Waals surface area contributed by atoms with Gasteiger partial charge in [-0.05, 0) is 12.8 Å². The highest BCUT2D eigenvalue weighted by molar-refractivity contribution is 7.80. The largest absolute Gasteiger partial charge is 0.397 e. The molecule has 7 unspecified atom stereocenters. The maximum absolute atomic E-state index is 13.0. The molecule has 0 aliphatic carbocycles. The molecule has 0 aromatic rings. The highest BCUT2D eigenvalue weighted by atomic mass is 32.3. The van der Waals surface area contributed by atoms with Crippen LogP contribution in [-0.4, -0.2) is 95.4 Å². The van der Waals surface area contributed by atoms with Crippen LogP contribution < -0.4 is 5.32 Å². The maximum Gasteiger partial charge on any atom is 0.397 e. The number of carbonyl (C=O) groups is 1. The van der Waals surface area contributed by atoms with E-state index in [9.17, 15) is 33.6 Å². The Morgan fingerprint density at radius 3 is 1.45 bits per heavy atom. The van der Waals surface area contributed by atoms with Gasteiger partial charge in [-0.1, -0.05) is 187 Å². The summed E-state index contributed by atoms with van der Waals surface area (Å²) in [4.78, 5) is 13.0. The van der Waals surface area contributed by atoms with E-state index in [1.54, 1.807) is 0 Å². The van der Waals surface area contributed by atoms with Crippen LogP contribution in [0.3, 0.4) is 0 Å². The van der Waals surface area contributed by atoms with Crippen molar-refractivity contribution < 1.29 is 51.8 Å². The first-order valence-electron chi connectivity index (χ1n) is 22.4. The molecule has 6 N–H and O–H groups in total. The minimum Gasteiger partial charge on any atom is -0.394 e. The molecule has 0 aromatic heterocycles. The molecule has 0 bridgehead atoms. The molecule has 0 spiro atoms. The lowest BCUT2D eigenvalue weighted by atomic mass is 9.99. The van der Waals surface area contributed by atoms with Crippen molar-refractivity contribution in [2.24, 2.45) is 0 Å². The third-order valence-corrected chi connectivity index (χ3v) is 11.4. The first-order chi connectivity index (χ1) is 26.5. The van der Waals surface area contributed by atoms with Gasteiger partial charge >= 0.3 is 10.4 Å². The summed E-state index contributed by atoms with van der Waals surface area (Å²) in [5, 5.41) is 44.7. The molecule has 0 aromatic carbocycles. The fourth-order valence-corrected chi connectivity index (χ4v) is 7.91. The third-order valence-electron chi connectivity index (χ3n) is 10.9. The SMILES string of the molecule is CCCCCCCCCCCCCCCCCCC(=O)NC(COC1OC(CO)C(O)C(OS(=O)(=O)O)C1O)C(O)CCCCCCCCCCCCCC. The molecule has 55 heavy (non-hydrogen) atoms. The van der Waals surface area contributed by atoms with Gasteiger partial charge in [-0.3, -0.25) is 9.35 Å². The quantitative estimate of drug-likeness (QED) is 0.0260. The van der Waals surface area contributed by atoms with E-state index in [-0.39, 0.29) is 12.5 Å². The van der Waals surface area contributed by atoms with E-state index in [2.05, 4.69) is 23.3 Å². The van der Waals surface area contributed by atoms with Crippen molar-refractivity contribution in [1.82, 2.24) is 5.32 Å². The second-order valence-electron chi connectivity index (χ2n) is 16.0. The first-order valence-corrected chi connectivity index (χ1v) is 23.8. The minimum atomic E-state index is -5.07. The molecule has 1 aliphatic heterocycles. The Balaban J connectivity index is 2.50. The Hall–Kier alpha value is -0.900. The molecule has 7 atom stereocenters. The van der Waals surface area contributed by atoms with Crippen molar-refractivity contribution in [2.75, 3.05) is 13.2 Å². The van der Waals surface area contributed by atoms with Crippen molar-refractivity contribution in [3.05, 3.63) is 0 Å². The summed E-state index contributed by atoms with van der Waals surface area (Å²) in [6.07, 6.45) is 25.3. The molecule has 1 rings (SSSR count). The van der Waals surface area contributed by atoms with Crippen molar-refractivity contribution in [1.29, 1.82) is 0 Å². The van der Waals surface area contributed by atoms with Crippen LogP contribution in [0.2, 0.25) is 0 Å². The number of aliphatic hydroxyl groups excluding tert-OH is 4. The summed E-state index contributed by atoms with van der Waals surface area (Å²) in [5.74, 6) is -0.228. The number of hydrogen-bond donors (Lipinski definition) is 6. The van der Waals surface area contributed by atoms with Crippen molar-refractivity contribution in [3.63, 3.8) is 0 Å². The lowest BCUT2D eigenvalue weighted by molar-refractivity contribution is -0.298. The van der Waals surface area contributed by atoms with Crippen LogP contribution in [0.5, 0.6) is 0 Å². The Bertz CT molecular complexity index is 1000. The summed E-state index contributed by atoms with van der Waals surface area (Å²) in [7, 11) is -5.07. The van der Waals surface area contributed by atoms with E-state index < -0.39 is 59.9 Å². The molecule has 0 radical (unpaired) electrons. The Labute approximate surface area is 335 Å². The smallest absolute Gasteiger partial charge is 0.394 e. The van der Waals surface area contributed by atoms with E-state index in [1.807, 2.05) is 0 Å². The summed E-state index contributed by atoms with van der Waals surface area (Å²) >= 11 is 0. The van der Waals surface area contributed by atoms with Crippen LogP contribution >= 0.6 is 0 Å². The molecule has 12 nitrogen and oxygen atoms in total. The van der Waals surface area contributed by atoms with Gasteiger partial charge in [0.25, 0.3) is 0 Å². The Morgan fingerprint density at radius 2 is 1.05 bits per heavy atom. The fourth-order valence-electron chi connectivity index (χ4n) is 7.40. The van der Waals surface area contributed by atoms with Gasteiger partial charge in [0.05, 0.1) is 25.4 Å².